The summed E-state index contributed by atoms with van der Waals surface area (Å²) in [5.74, 6) is -1.35. The average molecular weight is 314 g/mol. The van der Waals surface area contributed by atoms with Crippen LogP contribution < -0.4 is 4.72 Å². The zero-order valence-corrected chi connectivity index (χ0v) is 11.8. The molecule has 0 spiro atoms. The first-order valence-corrected chi connectivity index (χ1v) is 7.89. The number of hydrogen-bond donors (Lipinski definition) is 2. The molecule has 1 aromatic carbocycles. The number of hydrogen-bond acceptors (Lipinski definition) is 5. The number of benzene rings is 1. The molecule has 1 aromatic rings. The van der Waals surface area contributed by atoms with Gasteiger partial charge in [0.05, 0.1) is 21.4 Å². The van der Waals surface area contributed by atoms with E-state index in [4.69, 9.17) is 5.11 Å². The third-order valence-corrected chi connectivity index (χ3v) is 5.29. The van der Waals surface area contributed by atoms with E-state index in [1.807, 2.05) is 0 Å². The predicted octanol–water partition coefficient (Wildman–Crippen LogP) is 1.98. The van der Waals surface area contributed by atoms with Crippen LogP contribution in [0.1, 0.15) is 36.0 Å². The first-order valence-electron chi connectivity index (χ1n) is 6.34. The Bertz CT molecular complexity index is 679. The van der Waals surface area contributed by atoms with Gasteiger partial charge in [0.25, 0.3) is 5.69 Å². The molecule has 8 nitrogen and oxygen atoms in total. The summed E-state index contributed by atoms with van der Waals surface area (Å²) in [6.45, 7) is 0. The molecule has 9 heteroatoms. The zero-order valence-electron chi connectivity index (χ0n) is 11.0. The van der Waals surface area contributed by atoms with Crippen molar-refractivity contribution < 1.29 is 23.2 Å². The van der Waals surface area contributed by atoms with Crippen molar-refractivity contribution in [3.05, 3.63) is 33.9 Å². The number of nitrogens with zero attached hydrogens (tertiary/aromatic N) is 1. The van der Waals surface area contributed by atoms with Crippen LogP contribution >= 0.6 is 0 Å². The second-order valence-corrected chi connectivity index (χ2v) is 6.81. The molecule has 114 valence electrons. The maximum Gasteiger partial charge on any atom is 0.337 e. The van der Waals surface area contributed by atoms with Crippen LogP contribution in [0.4, 0.5) is 11.4 Å². The Hall–Kier alpha value is -2.16. The Morgan fingerprint density at radius 2 is 1.95 bits per heavy atom. The van der Waals surface area contributed by atoms with Crippen molar-refractivity contribution in [1.29, 1.82) is 0 Å². The van der Waals surface area contributed by atoms with E-state index in [1.165, 1.54) is 0 Å². The number of sulfonamides is 1. The summed E-state index contributed by atoms with van der Waals surface area (Å²) in [5.41, 5.74) is -0.963. The van der Waals surface area contributed by atoms with Gasteiger partial charge >= 0.3 is 5.97 Å². The molecule has 0 aromatic heterocycles. The molecule has 0 aliphatic heterocycles. The number of carboxylic acid groups (broad SMARTS) is 1. The smallest absolute Gasteiger partial charge is 0.337 e. The molecule has 1 saturated carbocycles. The van der Waals surface area contributed by atoms with Gasteiger partial charge in [0.2, 0.25) is 10.0 Å². The minimum absolute atomic E-state index is 0.274. The van der Waals surface area contributed by atoms with E-state index in [0.29, 0.717) is 12.8 Å². The Balaban J connectivity index is 2.39. The largest absolute Gasteiger partial charge is 0.478 e. The van der Waals surface area contributed by atoms with Crippen molar-refractivity contribution in [3.8, 4) is 0 Å². The molecule has 0 saturated heterocycles. The topological polar surface area (TPSA) is 127 Å². The third kappa shape index (κ3) is 3.30. The molecular weight excluding hydrogens is 300 g/mol. The van der Waals surface area contributed by atoms with Crippen molar-refractivity contribution in [3.63, 3.8) is 0 Å². The highest BCUT2D eigenvalue weighted by Crippen LogP contribution is 2.29. The maximum atomic E-state index is 12.2. The SMILES string of the molecule is O=C(O)c1ccc([N+](=O)[O-])cc1NS(=O)(=O)C1CCCC1. The highest BCUT2D eigenvalue weighted by atomic mass is 32.2. The van der Waals surface area contributed by atoms with Gasteiger partial charge in [-0.3, -0.25) is 14.8 Å². The van der Waals surface area contributed by atoms with Gasteiger partial charge in [0.15, 0.2) is 0 Å². The van der Waals surface area contributed by atoms with E-state index in [0.717, 1.165) is 31.0 Å². The first kappa shape index (κ1) is 15.2. The number of rotatable bonds is 5. The summed E-state index contributed by atoms with van der Waals surface area (Å²) in [7, 11) is -3.75. The fourth-order valence-corrected chi connectivity index (χ4v) is 3.95. The zero-order chi connectivity index (χ0) is 15.6. The van der Waals surface area contributed by atoms with Crippen molar-refractivity contribution in [2.75, 3.05) is 4.72 Å². The summed E-state index contributed by atoms with van der Waals surface area (Å²) < 4.78 is 26.6. The van der Waals surface area contributed by atoms with Crippen LogP contribution in [0.3, 0.4) is 0 Å². The highest BCUT2D eigenvalue weighted by Gasteiger charge is 2.30. The minimum Gasteiger partial charge on any atom is -0.478 e. The van der Waals surface area contributed by atoms with Gasteiger partial charge in [-0.2, -0.15) is 0 Å². The van der Waals surface area contributed by atoms with Gasteiger partial charge in [-0.05, 0) is 18.9 Å². The number of carbonyl (C=O) groups is 1. The molecular formula is C12H14N2O6S. The number of carboxylic acids is 1. The summed E-state index contributed by atoms with van der Waals surface area (Å²) in [6.07, 6.45) is 2.61. The first-order chi connectivity index (χ1) is 9.81. The molecule has 0 radical (unpaired) electrons. The molecule has 1 aliphatic carbocycles. The number of aromatic carboxylic acids is 1. The normalized spacial score (nSPS) is 15.8. The monoisotopic (exact) mass is 314 g/mol. The van der Waals surface area contributed by atoms with E-state index >= 15 is 0 Å². The molecule has 0 atom stereocenters. The van der Waals surface area contributed by atoms with E-state index in [-0.39, 0.29) is 16.9 Å². The number of anilines is 1. The Morgan fingerprint density at radius 3 is 2.48 bits per heavy atom. The second-order valence-electron chi connectivity index (χ2n) is 4.85. The lowest BCUT2D eigenvalue weighted by Gasteiger charge is -2.14. The lowest BCUT2D eigenvalue weighted by Crippen LogP contribution is -2.26. The molecule has 1 fully saturated rings. The summed E-state index contributed by atoms with van der Waals surface area (Å²) in [6, 6.07) is 2.97. The van der Waals surface area contributed by atoms with Gasteiger partial charge in [-0.25, -0.2) is 13.2 Å². The van der Waals surface area contributed by atoms with Crippen molar-refractivity contribution in [1.82, 2.24) is 0 Å². The number of nitro benzene ring substituents is 1. The highest BCUT2D eigenvalue weighted by molar-refractivity contribution is 7.93. The summed E-state index contributed by atoms with van der Waals surface area (Å²) in [5, 5.41) is 19.2. The molecule has 0 heterocycles. The minimum atomic E-state index is -3.75. The van der Waals surface area contributed by atoms with E-state index in [2.05, 4.69) is 4.72 Å². The fraction of sp³-hybridized carbons (Fsp3) is 0.417. The molecule has 1 aliphatic rings. The van der Waals surface area contributed by atoms with Crippen LogP contribution in [0.15, 0.2) is 18.2 Å². The number of nitrogens with one attached hydrogen (secondary N) is 1. The van der Waals surface area contributed by atoms with Gasteiger partial charge in [-0.1, -0.05) is 12.8 Å². The molecule has 21 heavy (non-hydrogen) atoms. The number of non-ortho nitro benzene ring substituents is 1. The average Bonchev–Trinajstić information content (AvgIpc) is 2.92. The van der Waals surface area contributed by atoms with Crippen molar-refractivity contribution >= 4 is 27.4 Å². The maximum absolute atomic E-state index is 12.2. The Labute approximate surface area is 121 Å². The number of nitro groups is 1. The molecule has 0 bridgehead atoms. The van der Waals surface area contributed by atoms with Gasteiger partial charge in [0.1, 0.15) is 0 Å². The standard InChI is InChI=1S/C12H14N2O6S/c15-12(16)10-6-5-8(14(17)18)7-11(10)13-21(19,20)9-3-1-2-4-9/h5-7,9,13H,1-4H2,(H,15,16). The van der Waals surface area contributed by atoms with Crippen LogP contribution in [0.25, 0.3) is 0 Å². The lowest BCUT2D eigenvalue weighted by molar-refractivity contribution is -0.384. The molecule has 2 rings (SSSR count). The van der Waals surface area contributed by atoms with Gasteiger partial charge in [0, 0.05) is 12.1 Å². The Kier molecular flexibility index (Phi) is 4.12. The predicted molar refractivity (Wildman–Crippen MR) is 74.9 cm³/mol. The molecule has 0 unspecified atom stereocenters. The van der Waals surface area contributed by atoms with Crippen molar-refractivity contribution in [2.24, 2.45) is 0 Å². The van der Waals surface area contributed by atoms with Gasteiger partial charge in [-0.15, -0.1) is 0 Å². The third-order valence-electron chi connectivity index (χ3n) is 3.44. The molecule has 0 amide bonds. The van der Waals surface area contributed by atoms with E-state index < -0.39 is 26.2 Å². The molecule has 2 N–H and O–H groups in total. The van der Waals surface area contributed by atoms with Gasteiger partial charge < -0.3 is 5.11 Å². The van der Waals surface area contributed by atoms with Crippen molar-refractivity contribution in [2.45, 2.75) is 30.9 Å². The van der Waals surface area contributed by atoms with E-state index in [1.54, 1.807) is 0 Å². The summed E-state index contributed by atoms with van der Waals surface area (Å²) in [4.78, 5) is 21.1. The van der Waals surface area contributed by atoms with Crippen LogP contribution in [0.5, 0.6) is 0 Å². The Morgan fingerprint density at radius 1 is 1.33 bits per heavy atom. The second kappa shape index (κ2) is 5.68. The summed E-state index contributed by atoms with van der Waals surface area (Å²) >= 11 is 0. The quantitative estimate of drug-likeness (QED) is 0.632. The van der Waals surface area contributed by atoms with E-state index in [9.17, 15) is 23.3 Å². The van der Waals surface area contributed by atoms with Crippen LogP contribution in [-0.2, 0) is 10.0 Å². The van der Waals surface area contributed by atoms with Crippen LogP contribution in [0.2, 0.25) is 0 Å². The van der Waals surface area contributed by atoms with Crippen LogP contribution in [0, 0.1) is 10.1 Å². The van der Waals surface area contributed by atoms with Crippen LogP contribution in [-0.4, -0.2) is 29.7 Å². The fourth-order valence-electron chi connectivity index (χ4n) is 2.35. The lowest BCUT2D eigenvalue weighted by atomic mass is 10.1.